The van der Waals surface area contributed by atoms with Crippen LogP contribution in [0.1, 0.15) is 33.1 Å². The number of hydrogen-bond acceptors (Lipinski definition) is 3. The Hall–Kier alpha value is -0.120. The summed E-state index contributed by atoms with van der Waals surface area (Å²) in [5.41, 5.74) is 0. The number of ether oxygens (including phenoxy) is 1. The molecule has 0 aliphatic heterocycles. The van der Waals surface area contributed by atoms with Gasteiger partial charge in [-0.1, -0.05) is 13.8 Å². The largest absolute Gasteiger partial charge is 0.395 e. The van der Waals surface area contributed by atoms with Gasteiger partial charge in [-0.2, -0.15) is 0 Å². The Balaban J connectivity index is 2.31. The predicted molar refractivity (Wildman–Crippen MR) is 61.9 cm³/mol. The van der Waals surface area contributed by atoms with E-state index in [4.69, 9.17) is 9.84 Å². The van der Waals surface area contributed by atoms with Gasteiger partial charge >= 0.3 is 0 Å². The SMILES string of the molecule is COCC(CO)NC1CCC(C)C(C)C1. The molecule has 4 unspecified atom stereocenters. The number of aliphatic hydroxyl groups is 1. The summed E-state index contributed by atoms with van der Waals surface area (Å²) in [5.74, 6) is 1.64. The van der Waals surface area contributed by atoms with Gasteiger partial charge in [0, 0.05) is 13.2 Å². The number of hydrogen-bond donors (Lipinski definition) is 2. The van der Waals surface area contributed by atoms with Crippen LogP contribution in [0.3, 0.4) is 0 Å². The van der Waals surface area contributed by atoms with E-state index in [2.05, 4.69) is 19.2 Å². The molecular weight excluding hydrogens is 190 g/mol. The van der Waals surface area contributed by atoms with Crippen LogP contribution in [0, 0.1) is 11.8 Å². The summed E-state index contributed by atoms with van der Waals surface area (Å²) < 4.78 is 5.06. The van der Waals surface area contributed by atoms with Crippen LogP contribution in [0.2, 0.25) is 0 Å². The van der Waals surface area contributed by atoms with Gasteiger partial charge in [-0.3, -0.25) is 0 Å². The number of nitrogens with one attached hydrogen (secondary N) is 1. The van der Waals surface area contributed by atoms with Gasteiger partial charge in [-0.05, 0) is 31.1 Å². The van der Waals surface area contributed by atoms with Gasteiger partial charge in [0.1, 0.15) is 0 Å². The molecule has 0 aromatic rings. The molecule has 3 heteroatoms. The topological polar surface area (TPSA) is 41.5 Å². The average molecular weight is 215 g/mol. The first kappa shape index (κ1) is 12.9. The number of aliphatic hydroxyl groups excluding tert-OH is 1. The highest BCUT2D eigenvalue weighted by Gasteiger charge is 2.25. The Labute approximate surface area is 93.2 Å². The maximum absolute atomic E-state index is 9.16. The van der Waals surface area contributed by atoms with E-state index < -0.39 is 0 Å². The van der Waals surface area contributed by atoms with E-state index in [-0.39, 0.29) is 12.6 Å². The molecule has 0 amide bonds. The molecule has 1 aliphatic rings. The molecule has 0 bridgehead atoms. The van der Waals surface area contributed by atoms with Crippen molar-refractivity contribution in [3.05, 3.63) is 0 Å². The summed E-state index contributed by atoms with van der Waals surface area (Å²) in [6.45, 7) is 5.41. The van der Waals surface area contributed by atoms with Crippen LogP contribution in [-0.2, 0) is 4.74 Å². The Morgan fingerprint density at radius 1 is 1.33 bits per heavy atom. The minimum absolute atomic E-state index is 0.0978. The standard InChI is InChI=1S/C12H25NO2/c1-9-4-5-11(6-10(9)2)13-12(7-14)8-15-3/h9-14H,4-8H2,1-3H3. The van der Waals surface area contributed by atoms with Crippen molar-refractivity contribution in [3.8, 4) is 0 Å². The normalized spacial score (nSPS) is 34.0. The summed E-state index contributed by atoms with van der Waals surface area (Å²) in [4.78, 5) is 0. The lowest BCUT2D eigenvalue weighted by Gasteiger charge is -2.34. The molecule has 1 rings (SSSR count). The van der Waals surface area contributed by atoms with Crippen LogP contribution >= 0.6 is 0 Å². The van der Waals surface area contributed by atoms with Gasteiger partial charge < -0.3 is 15.2 Å². The van der Waals surface area contributed by atoms with Crippen molar-refractivity contribution in [3.63, 3.8) is 0 Å². The molecule has 90 valence electrons. The highest BCUT2D eigenvalue weighted by molar-refractivity contribution is 4.82. The van der Waals surface area contributed by atoms with Crippen molar-refractivity contribution in [2.45, 2.75) is 45.2 Å². The van der Waals surface area contributed by atoms with Gasteiger partial charge in [-0.15, -0.1) is 0 Å². The van der Waals surface area contributed by atoms with Crippen LogP contribution in [0.15, 0.2) is 0 Å². The fraction of sp³-hybridized carbons (Fsp3) is 1.00. The minimum Gasteiger partial charge on any atom is -0.395 e. The predicted octanol–water partition coefficient (Wildman–Crippen LogP) is 1.41. The third kappa shape index (κ3) is 4.09. The molecule has 2 N–H and O–H groups in total. The summed E-state index contributed by atoms with van der Waals surface area (Å²) in [7, 11) is 1.68. The highest BCUT2D eigenvalue weighted by atomic mass is 16.5. The van der Waals surface area contributed by atoms with Crippen LogP contribution in [0.25, 0.3) is 0 Å². The average Bonchev–Trinajstić information content (AvgIpc) is 2.23. The first-order chi connectivity index (χ1) is 7.17. The fourth-order valence-electron chi connectivity index (χ4n) is 2.39. The summed E-state index contributed by atoms with van der Waals surface area (Å²) >= 11 is 0. The van der Waals surface area contributed by atoms with Crippen molar-refractivity contribution in [1.82, 2.24) is 5.32 Å². The van der Waals surface area contributed by atoms with Crippen molar-refractivity contribution < 1.29 is 9.84 Å². The first-order valence-corrected chi connectivity index (χ1v) is 6.03. The Morgan fingerprint density at radius 2 is 2.07 bits per heavy atom. The van der Waals surface area contributed by atoms with E-state index in [0.717, 1.165) is 11.8 Å². The smallest absolute Gasteiger partial charge is 0.0638 e. The molecule has 0 aromatic heterocycles. The maximum Gasteiger partial charge on any atom is 0.0638 e. The molecule has 0 heterocycles. The van der Waals surface area contributed by atoms with E-state index in [1.807, 2.05) is 0 Å². The summed E-state index contributed by atoms with van der Waals surface area (Å²) in [6.07, 6.45) is 3.75. The molecule has 1 fully saturated rings. The fourth-order valence-corrected chi connectivity index (χ4v) is 2.39. The molecule has 1 aliphatic carbocycles. The lowest BCUT2D eigenvalue weighted by molar-refractivity contribution is 0.110. The van der Waals surface area contributed by atoms with Crippen LogP contribution in [0.4, 0.5) is 0 Å². The zero-order valence-corrected chi connectivity index (χ0v) is 10.2. The third-order valence-electron chi connectivity index (χ3n) is 3.66. The third-order valence-corrected chi connectivity index (χ3v) is 3.66. The van der Waals surface area contributed by atoms with Gasteiger partial charge in [0.25, 0.3) is 0 Å². The summed E-state index contributed by atoms with van der Waals surface area (Å²) in [5, 5.41) is 12.6. The van der Waals surface area contributed by atoms with Gasteiger partial charge in [0.05, 0.1) is 19.3 Å². The molecule has 0 spiro atoms. The van der Waals surface area contributed by atoms with E-state index >= 15 is 0 Å². The highest BCUT2D eigenvalue weighted by Crippen LogP contribution is 2.29. The van der Waals surface area contributed by atoms with Gasteiger partial charge in [-0.25, -0.2) is 0 Å². The van der Waals surface area contributed by atoms with Crippen molar-refractivity contribution >= 4 is 0 Å². The van der Waals surface area contributed by atoms with Gasteiger partial charge in [0.2, 0.25) is 0 Å². The van der Waals surface area contributed by atoms with E-state index in [0.29, 0.717) is 12.6 Å². The Morgan fingerprint density at radius 3 is 2.60 bits per heavy atom. The number of methoxy groups -OCH3 is 1. The molecule has 15 heavy (non-hydrogen) atoms. The maximum atomic E-state index is 9.16. The second kappa shape index (κ2) is 6.46. The van der Waals surface area contributed by atoms with Crippen LogP contribution in [-0.4, -0.2) is 37.5 Å². The van der Waals surface area contributed by atoms with E-state index in [1.165, 1.54) is 19.3 Å². The first-order valence-electron chi connectivity index (χ1n) is 6.03. The second-order valence-electron chi connectivity index (χ2n) is 4.97. The van der Waals surface area contributed by atoms with Crippen molar-refractivity contribution in [1.29, 1.82) is 0 Å². The lowest BCUT2D eigenvalue weighted by Crippen LogP contribution is -2.46. The zero-order valence-electron chi connectivity index (χ0n) is 10.2. The molecule has 0 saturated heterocycles. The number of rotatable bonds is 5. The molecule has 0 aromatic carbocycles. The monoisotopic (exact) mass is 215 g/mol. The van der Waals surface area contributed by atoms with Crippen LogP contribution in [0.5, 0.6) is 0 Å². The molecular formula is C12H25NO2. The minimum atomic E-state index is 0.0978. The van der Waals surface area contributed by atoms with Crippen molar-refractivity contribution in [2.75, 3.05) is 20.3 Å². The van der Waals surface area contributed by atoms with E-state index in [1.54, 1.807) is 7.11 Å². The Bertz CT molecular complexity index is 175. The molecule has 3 nitrogen and oxygen atoms in total. The van der Waals surface area contributed by atoms with Crippen LogP contribution < -0.4 is 5.32 Å². The lowest BCUT2D eigenvalue weighted by atomic mass is 9.79. The molecule has 4 atom stereocenters. The summed E-state index contributed by atoms with van der Waals surface area (Å²) in [6, 6.07) is 0.657. The molecule has 1 saturated carbocycles. The zero-order chi connectivity index (χ0) is 11.3. The molecule has 0 radical (unpaired) electrons. The van der Waals surface area contributed by atoms with Crippen molar-refractivity contribution in [2.24, 2.45) is 11.8 Å². The second-order valence-corrected chi connectivity index (χ2v) is 4.97. The quantitative estimate of drug-likeness (QED) is 0.728. The van der Waals surface area contributed by atoms with E-state index in [9.17, 15) is 0 Å². The van der Waals surface area contributed by atoms with Gasteiger partial charge in [0.15, 0.2) is 0 Å². The Kier molecular flexibility index (Phi) is 5.58.